The monoisotopic (exact) mass is 291 g/mol. The third-order valence-corrected chi connectivity index (χ3v) is 3.88. The topological polar surface area (TPSA) is 67.6 Å². The van der Waals surface area contributed by atoms with Gasteiger partial charge < -0.3 is 20.7 Å². The van der Waals surface area contributed by atoms with Crippen molar-refractivity contribution >= 4 is 11.6 Å². The van der Waals surface area contributed by atoms with Crippen LogP contribution in [0.2, 0.25) is 0 Å². The van der Waals surface area contributed by atoms with Crippen molar-refractivity contribution in [1.82, 2.24) is 10.2 Å². The fourth-order valence-electron chi connectivity index (χ4n) is 2.54. The van der Waals surface area contributed by atoms with Gasteiger partial charge in [-0.2, -0.15) is 0 Å². The zero-order valence-electron chi connectivity index (χ0n) is 12.7. The molecular formula is C16H25N3O2. The molecule has 1 fully saturated rings. The number of carbonyl (C=O) groups excluding carboxylic acids is 1. The van der Waals surface area contributed by atoms with Crippen molar-refractivity contribution in [2.75, 3.05) is 38.5 Å². The Morgan fingerprint density at radius 3 is 2.86 bits per heavy atom. The van der Waals surface area contributed by atoms with Gasteiger partial charge in [0, 0.05) is 18.8 Å². The molecule has 1 aromatic carbocycles. The van der Waals surface area contributed by atoms with Crippen LogP contribution in [-0.4, -0.2) is 43.6 Å². The van der Waals surface area contributed by atoms with E-state index in [1.54, 1.807) is 12.1 Å². The van der Waals surface area contributed by atoms with E-state index in [-0.39, 0.29) is 5.91 Å². The summed E-state index contributed by atoms with van der Waals surface area (Å²) in [5, 5.41) is 3.00. The zero-order chi connectivity index (χ0) is 15.1. The highest BCUT2D eigenvalue weighted by atomic mass is 16.5. The van der Waals surface area contributed by atoms with Crippen LogP contribution in [0.1, 0.15) is 19.8 Å². The minimum absolute atomic E-state index is 0.0559. The summed E-state index contributed by atoms with van der Waals surface area (Å²) in [6.07, 6.45) is 1.56. The van der Waals surface area contributed by atoms with Gasteiger partial charge in [0.05, 0.1) is 13.0 Å². The molecule has 1 saturated heterocycles. The van der Waals surface area contributed by atoms with Gasteiger partial charge in [-0.05, 0) is 49.7 Å². The molecule has 5 nitrogen and oxygen atoms in total. The number of nitrogens with one attached hydrogen (secondary N) is 1. The average molecular weight is 291 g/mol. The summed E-state index contributed by atoms with van der Waals surface area (Å²) >= 11 is 0. The summed E-state index contributed by atoms with van der Waals surface area (Å²) in [4.78, 5) is 14.2. The number of amides is 1. The normalized spacial score (nSPS) is 18.6. The van der Waals surface area contributed by atoms with Gasteiger partial charge in [-0.3, -0.25) is 4.79 Å². The largest absolute Gasteiger partial charge is 0.493 e. The van der Waals surface area contributed by atoms with E-state index >= 15 is 0 Å². The highest BCUT2D eigenvalue weighted by Crippen LogP contribution is 2.15. The first-order chi connectivity index (χ1) is 10.2. The number of anilines is 1. The molecule has 116 valence electrons. The summed E-state index contributed by atoms with van der Waals surface area (Å²) in [7, 11) is 0. The molecular weight excluding hydrogens is 266 g/mol. The first-order valence-corrected chi connectivity index (χ1v) is 7.64. The number of nitrogen functional groups attached to an aromatic ring is 1. The molecule has 0 radical (unpaired) electrons. The summed E-state index contributed by atoms with van der Waals surface area (Å²) in [6.45, 7) is 6.68. The quantitative estimate of drug-likeness (QED) is 0.747. The highest BCUT2D eigenvalue weighted by Gasteiger charge is 2.21. The van der Waals surface area contributed by atoms with Crippen LogP contribution in [0.3, 0.4) is 0 Å². The second kappa shape index (κ2) is 7.88. The average Bonchev–Trinajstić information content (AvgIpc) is 2.95. The molecule has 0 saturated carbocycles. The van der Waals surface area contributed by atoms with Crippen molar-refractivity contribution in [3.05, 3.63) is 24.3 Å². The summed E-state index contributed by atoms with van der Waals surface area (Å²) in [5.74, 6) is 1.39. The van der Waals surface area contributed by atoms with E-state index in [1.165, 1.54) is 6.42 Å². The van der Waals surface area contributed by atoms with Gasteiger partial charge in [0.15, 0.2) is 0 Å². The van der Waals surface area contributed by atoms with Crippen LogP contribution < -0.4 is 15.8 Å². The predicted molar refractivity (Wildman–Crippen MR) is 84.2 cm³/mol. The molecule has 1 aliphatic heterocycles. The van der Waals surface area contributed by atoms with Crippen LogP contribution >= 0.6 is 0 Å². The Balaban J connectivity index is 1.58. The lowest BCUT2D eigenvalue weighted by molar-refractivity contribution is -0.121. The fraction of sp³-hybridized carbons (Fsp3) is 0.562. The van der Waals surface area contributed by atoms with Crippen LogP contribution in [-0.2, 0) is 4.79 Å². The van der Waals surface area contributed by atoms with Crippen molar-refractivity contribution < 1.29 is 9.53 Å². The van der Waals surface area contributed by atoms with E-state index in [9.17, 15) is 4.79 Å². The van der Waals surface area contributed by atoms with Gasteiger partial charge in [0.1, 0.15) is 5.75 Å². The van der Waals surface area contributed by atoms with Crippen LogP contribution in [0.25, 0.3) is 0 Å². The van der Waals surface area contributed by atoms with Crippen molar-refractivity contribution in [3.63, 3.8) is 0 Å². The Morgan fingerprint density at radius 2 is 2.19 bits per heavy atom. The van der Waals surface area contributed by atoms with E-state index in [0.29, 0.717) is 24.6 Å². The van der Waals surface area contributed by atoms with Crippen molar-refractivity contribution in [2.24, 2.45) is 5.92 Å². The molecule has 2 rings (SSSR count). The number of carbonyl (C=O) groups is 1. The van der Waals surface area contributed by atoms with Gasteiger partial charge in [0.2, 0.25) is 5.91 Å². The van der Waals surface area contributed by atoms with Crippen LogP contribution in [0.15, 0.2) is 24.3 Å². The second-order valence-electron chi connectivity index (χ2n) is 5.52. The maximum Gasteiger partial charge on any atom is 0.223 e. The first-order valence-electron chi connectivity index (χ1n) is 7.64. The Labute approximate surface area is 126 Å². The molecule has 1 heterocycles. The number of rotatable bonds is 7. The van der Waals surface area contributed by atoms with Crippen molar-refractivity contribution in [1.29, 1.82) is 0 Å². The minimum atomic E-state index is 0.0559. The van der Waals surface area contributed by atoms with Gasteiger partial charge in [-0.1, -0.05) is 6.92 Å². The molecule has 5 heteroatoms. The van der Waals surface area contributed by atoms with Crippen molar-refractivity contribution in [3.8, 4) is 5.75 Å². The van der Waals surface area contributed by atoms with Crippen LogP contribution in [0.4, 0.5) is 5.69 Å². The molecule has 0 aliphatic carbocycles. The summed E-state index contributed by atoms with van der Waals surface area (Å²) in [6, 6.07) is 7.19. The van der Waals surface area contributed by atoms with Crippen LogP contribution in [0.5, 0.6) is 5.75 Å². The highest BCUT2D eigenvalue weighted by molar-refractivity contribution is 5.76. The number of benzene rings is 1. The van der Waals surface area contributed by atoms with E-state index in [0.717, 1.165) is 31.9 Å². The molecule has 0 bridgehead atoms. The van der Waals surface area contributed by atoms with Gasteiger partial charge in [-0.25, -0.2) is 0 Å². The van der Waals surface area contributed by atoms with E-state index in [4.69, 9.17) is 10.5 Å². The molecule has 1 atom stereocenters. The Kier molecular flexibility index (Phi) is 5.87. The molecule has 1 amide bonds. The molecule has 1 unspecified atom stereocenters. The Morgan fingerprint density at radius 1 is 1.43 bits per heavy atom. The van der Waals surface area contributed by atoms with Gasteiger partial charge in [0.25, 0.3) is 0 Å². The maximum atomic E-state index is 11.8. The fourth-order valence-corrected chi connectivity index (χ4v) is 2.54. The minimum Gasteiger partial charge on any atom is -0.493 e. The molecule has 0 aromatic heterocycles. The molecule has 3 N–H and O–H groups in total. The van der Waals surface area contributed by atoms with Crippen LogP contribution in [0, 0.1) is 5.92 Å². The maximum absolute atomic E-state index is 11.8. The number of nitrogens with zero attached hydrogens (tertiary/aromatic N) is 1. The van der Waals surface area contributed by atoms with Crippen molar-refractivity contribution in [2.45, 2.75) is 19.8 Å². The number of hydrogen-bond acceptors (Lipinski definition) is 4. The zero-order valence-corrected chi connectivity index (χ0v) is 12.7. The third kappa shape index (κ3) is 5.27. The second-order valence-corrected chi connectivity index (χ2v) is 5.52. The molecule has 21 heavy (non-hydrogen) atoms. The lowest BCUT2D eigenvalue weighted by atomic mass is 10.1. The van der Waals surface area contributed by atoms with E-state index in [1.807, 2.05) is 12.1 Å². The predicted octanol–water partition coefficient (Wildman–Crippen LogP) is 1.50. The van der Waals surface area contributed by atoms with E-state index in [2.05, 4.69) is 17.1 Å². The SMILES string of the molecule is CCN1CCC(CNC(=O)CCOc2ccc(N)cc2)C1. The smallest absolute Gasteiger partial charge is 0.223 e. The molecule has 0 spiro atoms. The third-order valence-electron chi connectivity index (χ3n) is 3.88. The lowest BCUT2D eigenvalue weighted by Crippen LogP contribution is -2.31. The number of likely N-dealkylation sites (tertiary alicyclic amines) is 1. The molecule has 1 aromatic rings. The molecule has 1 aliphatic rings. The van der Waals surface area contributed by atoms with Gasteiger partial charge in [-0.15, -0.1) is 0 Å². The number of hydrogen-bond donors (Lipinski definition) is 2. The van der Waals surface area contributed by atoms with Gasteiger partial charge >= 0.3 is 0 Å². The summed E-state index contributed by atoms with van der Waals surface area (Å²) in [5.41, 5.74) is 6.31. The standard InChI is InChI=1S/C16H25N3O2/c1-2-19-9-7-13(12-19)11-18-16(20)8-10-21-15-5-3-14(17)4-6-15/h3-6,13H,2,7-12,17H2,1H3,(H,18,20). The Hall–Kier alpha value is -1.75. The summed E-state index contributed by atoms with van der Waals surface area (Å²) < 4.78 is 5.51. The van der Waals surface area contributed by atoms with E-state index < -0.39 is 0 Å². The Bertz CT molecular complexity index is 447. The number of ether oxygens (including phenoxy) is 1. The lowest BCUT2D eigenvalue weighted by Gasteiger charge is -2.14. The number of nitrogens with two attached hydrogens (primary N) is 1. The first kappa shape index (κ1) is 15.6.